The van der Waals surface area contributed by atoms with E-state index in [2.05, 4.69) is 21.3 Å². The van der Waals surface area contributed by atoms with Crippen molar-refractivity contribution >= 4 is 28.8 Å². The third-order valence-corrected chi connectivity index (χ3v) is 4.81. The number of thiophene rings is 1. The molecule has 1 fully saturated rings. The summed E-state index contributed by atoms with van der Waals surface area (Å²) in [6.07, 6.45) is 2.85. The Balaban J connectivity index is 1.55. The molecule has 1 aliphatic heterocycles. The molecule has 1 aliphatic rings. The summed E-state index contributed by atoms with van der Waals surface area (Å²) in [5.74, 6) is 0.867. The minimum Gasteiger partial charge on any atom is -0.354 e. The van der Waals surface area contributed by atoms with E-state index >= 15 is 0 Å². The number of nitrogens with zero attached hydrogens (tertiary/aromatic N) is 3. The van der Waals surface area contributed by atoms with Crippen LogP contribution in [0.5, 0.6) is 0 Å². The van der Waals surface area contributed by atoms with Gasteiger partial charge in [0, 0.05) is 42.1 Å². The Morgan fingerprint density at radius 3 is 3.24 bits per heavy atom. The van der Waals surface area contributed by atoms with E-state index in [4.69, 9.17) is 16.9 Å². The van der Waals surface area contributed by atoms with Gasteiger partial charge >= 0.3 is 0 Å². The molecule has 0 bridgehead atoms. The van der Waals surface area contributed by atoms with Crippen LogP contribution >= 0.6 is 22.9 Å². The Morgan fingerprint density at radius 1 is 1.57 bits per heavy atom. The highest BCUT2D eigenvalue weighted by Crippen LogP contribution is 2.26. The van der Waals surface area contributed by atoms with Crippen LogP contribution in [0, 0.1) is 11.3 Å². The molecular formula is C15H15ClN4S. The Bertz CT molecular complexity index is 664. The molecule has 0 amide bonds. The number of anilines is 1. The molecule has 1 atom stereocenters. The maximum Gasteiger partial charge on any atom is 0.147 e. The van der Waals surface area contributed by atoms with Gasteiger partial charge in [-0.3, -0.25) is 0 Å². The van der Waals surface area contributed by atoms with Crippen LogP contribution in [0.2, 0.25) is 5.02 Å². The number of pyridine rings is 1. The number of hydrogen-bond donors (Lipinski definition) is 1. The Kier molecular flexibility index (Phi) is 4.39. The molecular weight excluding hydrogens is 304 g/mol. The number of aromatic nitrogens is 1. The Morgan fingerprint density at radius 2 is 2.48 bits per heavy atom. The van der Waals surface area contributed by atoms with Crippen LogP contribution in [0.4, 0.5) is 5.82 Å². The van der Waals surface area contributed by atoms with Crippen molar-refractivity contribution in [2.24, 2.45) is 0 Å². The Labute approximate surface area is 133 Å². The molecule has 0 radical (unpaired) electrons. The van der Waals surface area contributed by atoms with Crippen molar-refractivity contribution in [3.63, 3.8) is 0 Å². The zero-order chi connectivity index (χ0) is 14.7. The first-order valence-corrected chi connectivity index (χ1v) is 8.08. The standard InChI is InChI=1S/C15H15ClN4S/c16-14-2-1-4-18-15(14)20-5-3-12(9-20)19-8-13-6-11(7-17)10-21-13/h1-2,4,6,10,12,19H,3,5,8-9H2/t12-/m0/s1. The number of halogens is 1. The van der Waals surface area contributed by atoms with E-state index in [0.29, 0.717) is 11.1 Å². The van der Waals surface area contributed by atoms with Gasteiger partial charge in [0.15, 0.2) is 0 Å². The first kappa shape index (κ1) is 14.3. The molecule has 6 heteroatoms. The van der Waals surface area contributed by atoms with Crippen LogP contribution in [0.25, 0.3) is 0 Å². The third-order valence-electron chi connectivity index (χ3n) is 3.57. The lowest BCUT2D eigenvalue weighted by molar-refractivity contribution is 0.555. The third kappa shape index (κ3) is 3.35. The van der Waals surface area contributed by atoms with E-state index < -0.39 is 0 Å². The SMILES string of the molecule is N#Cc1csc(CN[C@H]2CCN(c3ncccc3Cl)C2)c1. The fourth-order valence-electron chi connectivity index (χ4n) is 2.51. The van der Waals surface area contributed by atoms with Crippen LogP contribution < -0.4 is 10.2 Å². The first-order valence-electron chi connectivity index (χ1n) is 6.82. The highest BCUT2D eigenvalue weighted by molar-refractivity contribution is 7.10. The molecule has 1 saturated heterocycles. The summed E-state index contributed by atoms with van der Waals surface area (Å²) in [5, 5.41) is 15.0. The second kappa shape index (κ2) is 6.44. The van der Waals surface area contributed by atoms with Gasteiger partial charge in [-0.05, 0) is 24.6 Å². The zero-order valence-corrected chi connectivity index (χ0v) is 13.0. The Hall–Kier alpha value is -1.61. The largest absolute Gasteiger partial charge is 0.354 e. The molecule has 4 nitrogen and oxygen atoms in total. The van der Waals surface area contributed by atoms with E-state index in [9.17, 15) is 0 Å². The predicted molar refractivity (Wildman–Crippen MR) is 85.7 cm³/mol. The summed E-state index contributed by atoms with van der Waals surface area (Å²) in [7, 11) is 0. The molecule has 0 aromatic carbocycles. The summed E-state index contributed by atoms with van der Waals surface area (Å²) in [6, 6.07) is 8.26. The minimum absolute atomic E-state index is 0.427. The van der Waals surface area contributed by atoms with Crippen LogP contribution in [-0.2, 0) is 6.54 Å². The number of nitriles is 1. The highest BCUT2D eigenvalue weighted by atomic mass is 35.5. The van der Waals surface area contributed by atoms with Gasteiger partial charge in [0.25, 0.3) is 0 Å². The molecule has 0 saturated carbocycles. The van der Waals surface area contributed by atoms with Crippen LogP contribution in [0.15, 0.2) is 29.8 Å². The summed E-state index contributed by atoms with van der Waals surface area (Å²) >= 11 is 7.82. The molecule has 3 heterocycles. The fraction of sp³-hybridized carbons (Fsp3) is 0.333. The number of hydrogen-bond acceptors (Lipinski definition) is 5. The van der Waals surface area contributed by atoms with E-state index in [-0.39, 0.29) is 0 Å². The summed E-state index contributed by atoms with van der Waals surface area (Å²) in [6.45, 7) is 2.68. The molecule has 21 heavy (non-hydrogen) atoms. The zero-order valence-electron chi connectivity index (χ0n) is 11.4. The summed E-state index contributed by atoms with van der Waals surface area (Å²) in [5.41, 5.74) is 0.741. The minimum atomic E-state index is 0.427. The van der Waals surface area contributed by atoms with E-state index in [1.54, 1.807) is 17.5 Å². The average Bonchev–Trinajstić information content (AvgIpc) is 3.14. The van der Waals surface area contributed by atoms with E-state index in [1.807, 2.05) is 23.6 Å². The van der Waals surface area contributed by atoms with E-state index in [0.717, 1.165) is 37.4 Å². The second-order valence-electron chi connectivity index (χ2n) is 5.03. The van der Waals surface area contributed by atoms with Crippen LogP contribution in [0.3, 0.4) is 0 Å². The molecule has 0 unspecified atom stereocenters. The lowest BCUT2D eigenvalue weighted by atomic mass is 10.2. The van der Waals surface area contributed by atoms with Crippen molar-refractivity contribution in [2.45, 2.75) is 19.0 Å². The van der Waals surface area contributed by atoms with Crippen molar-refractivity contribution in [3.8, 4) is 6.07 Å². The molecule has 2 aromatic heterocycles. The van der Waals surface area contributed by atoms with Gasteiger partial charge in [-0.1, -0.05) is 11.6 Å². The summed E-state index contributed by atoms with van der Waals surface area (Å²) < 4.78 is 0. The first-order chi connectivity index (χ1) is 10.3. The maximum atomic E-state index is 8.83. The van der Waals surface area contributed by atoms with Gasteiger partial charge in [0.2, 0.25) is 0 Å². The topological polar surface area (TPSA) is 52.0 Å². The highest BCUT2D eigenvalue weighted by Gasteiger charge is 2.24. The average molecular weight is 319 g/mol. The monoisotopic (exact) mass is 318 g/mol. The molecule has 3 rings (SSSR count). The smallest absolute Gasteiger partial charge is 0.147 e. The van der Waals surface area contributed by atoms with Gasteiger partial charge in [-0.25, -0.2) is 4.98 Å². The lowest BCUT2D eigenvalue weighted by Gasteiger charge is -2.18. The van der Waals surface area contributed by atoms with Gasteiger partial charge in [0.05, 0.1) is 10.6 Å². The number of rotatable bonds is 4. The fourth-order valence-corrected chi connectivity index (χ4v) is 3.51. The van der Waals surface area contributed by atoms with Gasteiger partial charge in [-0.2, -0.15) is 5.26 Å². The maximum absolute atomic E-state index is 8.83. The van der Waals surface area contributed by atoms with Crippen molar-refractivity contribution in [3.05, 3.63) is 45.2 Å². The molecule has 0 aliphatic carbocycles. The predicted octanol–water partition coefficient (Wildman–Crippen LogP) is 3.04. The van der Waals surface area contributed by atoms with Crippen molar-refractivity contribution in [1.82, 2.24) is 10.3 Å². The molecule has 2 aromatic rings. The quantitative estimate of drug-likeness (QED) is 0.941. The lowest BCUT2D eigenvalue weighted by Crippen LogP contribution is -2.32. The molecule has 108 valence electrons. The van der Waals surface area contributed by atoms with Gasteiger partial charge < -0.3 is 10.2 Å². The van der Waals surface area contributed by atoms with Crippen LogP contribution in [-0.4, -0.2) is 24.1 Å². The molecule has 0 spiro atoms. The number of nitrogens with one attached hydrogen (secondary N) is 1. The van der Waals surface area contributed by atoms with Crippen LogP contribution in [0.1, 0.15) is 16.9 Å². The molecule has 1 N–H and O–H groups in total. The van der Waals surface area contributed by atoms with Gasteiger partial charge in [0.1, 0.15) is 11.9 Å². The summed E-state index contributed by atoms with van der Waals surface area (Å²) in [4.78, 5) is 7.77. The van der Waals surface area contributed by atoms with E-state index in [1.165, 1.54) is 4.88 Å². The normalized spacial score (nSPS) is 17.9. The van der Waals surface area contributed by atoms with Crippen molar-refractivity contribution in [1.29, 1.82) is 5.26 Å². The van der Waals surface area contributed by atoms with Crippen molar-refractivity contribution < 1.29 is 0 Å². The second-order valence-corrected chi connectivity index (χ2v) is 6.44. The van der Waals surface area contributed by atoms with Gasteiger partial charge in [-0.15, -0.1) is 11.3 Å². The van der Waals surface area contributed by atoms with Crippen molar-refractivity contribution in [2.75, 3.05) is 18.0 Å².